The molecule has 3 aliphatic rings. The van der Waals surface area contributed by atoms with Gasteiger partial charge in [0, 0.05) is 12.6 Å². The van der Waals surface area contributed by atoms with Crippen LogP contribution in [0.5, 0.6) is 0 Å². The van der Waals surface area contributed by atoms with Gasteiger partial charge in [0.2, 0.25) is 5.96 Å². The molecule has 0 aromatic rings. The van der Waals surface area contributed by atoms with Gasteiger partial charge in [0.1, 0.15) is 0 Å². The van der Waals surface area contributed by atoms with E-state index in [4.69, 9.17) is 10.8 Å². The van der Waals surface area contributed by atoms with Crippen molar-refractivity contribution < 1.29 is 0 Å². The molecule has 1 aliphatic heterocycles. The number of nitrogens with two attached hydrogens (primary N) is 1. The molecule has 4 nitrogen and oxygen atoms in total. The van der Waals surface area contributed by atoms with E-state index in [1.807, 2.05) is 0 Å². The summed E-state index contributed by atoms with van der Waals surface area (Å²) in [4.78, 5) is 7.48. The second-order valence-electron chi connectivity index (χ2n) is 6.84. The largest absolute Gasteiger partial charge is 0.339 e. The molecule has 1 heterocycles. The standard InChI is InChI=1S/C16H30N4/c17-19-16(18-14-9-2-1-3-10-14)20-12-6-8-13-7-4-5-11-15(13)20/h13-15H,1-12,17H2,(H,18,19)/t13-,15-/m1/s1. The Morgan fingerprint density at radius 3 is 2.40 bits per heavy atom. The molecule has 0 amide bonds. The SMILES string of the molecule is NNC(=NC1CCCCC1)N1CCC[C@H]2CCCC[C@H]21. The van der Waals surface area contributed by atoms with Gasteiger partial charge in [-0.05, 0) is 44.4 Å². The molecule has 0 spiro atoms. The molecule has 1 saturated heterocycles. The topological polar surface area (TPSA) is 53.6 Å². The lowest BCUT2D eigenvalue weighted by Gasteiger charge is -2.45. The Balaban J connectivity index is 1.71. The number of hydrazine groups is 1. The Kier molecular flexibility index (Phi) is 4.81. The van der Waals surface area contributed by atoms with Crippen LogP contribution in [-0.2, 0) is 0 Å². The van der Waals surface area contributed by atoms with E-state index in [1.165, 1.54) is 70.6 Å². The van der Waals surface area contributed by atoms with Gasteiger partial charge in [-0.25, -0.2) is 10.8 Å². The van der Waals surface area contributed by atoms with Crippen molar-refractivity contribution >= 4 is 5.96 Å². The van der Waals surface area contributed by atoms with Crippen LogP contribution in [0.3, 0.4) is 0 Å². The van der Waals surface area contributed by atoms with Crippen LogP contribution in [0.2, 0.25) is 0 Å². The van der Waals surface area contributed by atoms with E-state index < -0.39 is 0 Å². The maximum atomic E-state index is 5.82. The summed E-state index contributed by atoms with van der Waals surface area (Å²) < 4.78 is 0. The lowest BCUT2D eigenvalue weighted by molar-refractivity contribution is 0.115. The zero-order chi connectivity index (χ0) is 13.8. The van der Waals surface area contributed by atoms with E-state index in [9.17, 15) is 0 Å². The van der Waals surface area contributed by atoms with E-state index >= 15 is 0 Å². The summed E-state index contributed by atoms with van der Waals surface area (Å²) in [5, 5.41) is 0. The van der Waals surface area contributed by atoms with Crippen LogP contribution in [0.4, 0.5) is 0 Å². The average molecular weight is 278 g/mol. The van der Waals surface area contributed by atoms with Gasteiger partial charge in [-0.15, -0.1) is 0 Å². The Labute approximate surface area is 123 Å². The summed E-state index contributed by atoms with van der Waals surface area (Å²) in [7, 11) is 0. The van der Waals surface area contributed by atoms with Gasteiger partial charge in [0.15, 0.2) is 0 Å². The molecule has 0 unspecified atom stereocenters. The minimum atomic E-state index is 0.499. The molecule has 3 N–H and O–H groups in total. The van der Waals surface area contributed by atoms with Crippen molar-refractivity contribution in [1.82, 2.24) is 10.3 Å². The van der Waals surface area contributed by atoms with Gasteiger partial charge in [0.25, 0.3) is 0 Å². The maximum absolute atomic E-state index is 5.82. The highest BCUT2D eigenvalue weighted by atomic mass is 15.4. The first kappa shape index (κ1) is 14.2. The molecule has 20 heavy (non-hydrogen) atoms. The number of hydrogen-bond acceptors (Lipinski definition) is 2. The van der Waals surface area contributed by atoms with Crippen LogP contribution in [0.25, 0.3) is 0 Å². The Hall–Kier alpha value is -0.770. The van der Waals surface area contributed by atoms with E-state index in [1.54, 1.807) is 0 Å². The number of nitrogens with zero attached hydrogens (tertiary/aromatic N) is 2. The Morgan fingerprint density at radius 1 is 0.900 bits per heavy atom. The number of nitrogens with one attached hydrogen (secondary N) is 1. The number of hydrogen-bond donors (Lipinski definition) is 2. The number of aliphatic imine (C=N–C) groups is 1. The van der Waals surface area contributed by atoms with Gasteiger partial charge in [-0.2, -0.15) is 0 Å². The number of likely N-dealkylation sites (tertiary alicyclic amines) is 1. The highest BCUT2D eigenvalue weighted by Crippen LogP contribution is 2.35. The second kappa shape index (κ2) is 6.79. The predicted molar refractivity (Wildman–Crippen MR) is 83.3 cm³/mol. The van der Waals surface area contributed by atoms with Crippen LogP contribution in [0.15, 0.2) is 4.99 Å². The maximum Gasteiger partial charge on any atom is 0.208 e. The van der Waals surface area contributed by atoms with Gasteiger partial charge in [-0.3, -0.25) is 5.43 Å². The molecule has 3 rings (SSSR count). The van der Waals surface area contributed by atoms with Crippen molar-refractivity contribution in [3.63, 3.8) is 0 Å². The van der Waals surface area contributed by atoms with Crippen molar-refractivity contribution in [1.29, 1.82) is 0 Å². The number of guanidine groups is 1. The third kappa shape index (κ3) is 3.11. The van der Waals surface area contributed by atoms with Crippen molar-refractivity contribution in [2.45, 2.75) is 82.7 Å². The second-order valence-corrected chi connectivity index (χ2v) is 6.84. The van der Waals surface area contributed by atoms with Gasteiger partial charge >= 0.3 is 0 Å². The number of fused-ring (bicyclic) bond motifs is 1. The molecule has 0 aromatic heterocycles. The monoisotopic (exact) mass is 278 g/mol. The smallest absolute Gasteiger partial charge is 0.208 e. The van der Waals surface area contributed by atoms with Gasteiger partial charge in [0.05, 0.1) is 6.04 Å². The zero-order valence-corrected chi connectivity index (χ0v) is 12.7. The van der Waals surface area contributed by atoms with E-state index in [2.05, 4.69) is 10.3 Å². The molecule has 0 aromatic carbocycles. The summed E-state index contributed by atoms with van der Waals surface area (Å²) in [6.07, 6.45) is 14.8. The fourth-order valence-electron chi connectivity index (χ4n) is 4.47. The minimum absolute atomic E-state index is 0.499. The Bertz CT molecular complexity index is 333. The number of piperidine rings is 1. The van der Waals surface area contributed by atoms with E-state index in [0.29, 0.717) is 12.1 Å². The highest BCUT2D eigenvalue weighted by Gasteiger charge is 2.35. The molecule has 2 saturated carbocycles. The van der Waals surface area contributed by atoms with E-state index in [0.717, 1.165) is 18.4 Å². The van der Waals surface area contributed by atoms with Crippen LogP contribution in [0, 0.1) is 5.92 Å². The van der Waals surface area contributed by atoms with Crippen molar-refractivity contribution in [2.24, 2.45) is 16.8 Å². The zero-order valence-electron chi connectivity index (χ0n) is 12.7. The quantitative estimate of drug-likeness (QED) is 0.336. The first-order valence-corrected chi connectivity index (χ1v) is 8.69. The first-order valence-electron chi connectivity index (χ1n) is 8.69. The molecule has 114 valence electrons. The van der Waals surface area contributed by atoms with Crippen LogP contribution in [0.1, 0.15) is 70.6 Å². The van der Waals surface area contributed by atoms with Gasteiger partial charge in [-0.1, -0.05) is 32.1 Å². The molecule has 3 fully saturated rings. The summed E-state index contributed by atoms with van der Waals surface area (Å²) in [6, 6.07) is 1.19. The fourth-order valence-corrected chi connectivity index (χ4v) is 4.47. The lowest BCUT2D eigenvalue weighted by atomic mass is 9.78. The third-order valence-electron chi connectivity index (χ3n) is 5.52. The van der Waals surface area contributed by atoms with Crippen LogP contribution >= 0.6 is 0 Å². The van der Waals surface area contributed by atoms with Crippen LogP contribution in [-0.4, -0.2) is 29.5 Å². The molecular weight excluding hydrogens is 248 g/mol. The molecule has 0 bridgehead atoms. The van der Waals surface area contributed by atoms with E-state index in [-0.39, 0.29) is 0 Å². The molecule has 2 atom stereocenters. The first-order chi connectivity index (χ1) is 9.88. The number of rotatable bonds is 1. The Morgan fingerprint density at radius 2 is 1.60 bits per heavy atom. The highest BCUT2D eigenvalue weighted by molar-refractivity contribution is 5.80. The lowest BCUT2D eigenvalue weighted by Crippen LogP contribution is -2.55. The summed E-state index contributed by atoms with van der Waals surface area (Å²) in [5.41, 5.74) is 2.93. The molecule has 4 heteroatoms. The summed E-state index contributed by atoms with van der Waals surface area (Å²) in [5.74, 6) is 7.68. The summed E-state index contributed by atoms with van der Waals surface area (Å²) in [6.45, 7) is 1.14. The van der Waals surface area contributed by atoms with Crippen molar-refractivity contribution in [2.75, 3.05) is 6.54 Å². The normalized spacial score (nSPS) is 32.9. The molecular formula is C16H30N4. The van der Waals surface area contributed by atoms with Crippen molar-refractivity contribution in [3.8, 4) is 0 Å². The molecule has 2 aliphatic carbocycles. The average Bonchev–Trinajstić information content (AvgIpc) is 2.53. The fraction of sp³-hybridized carbons (Fsp3) is 0.938. The van der Waals surface area contributed by atoms with Crippen LogP contribution < -0.4 is 11.3 Å². The third-order valence-corrected chi connectivity index (χ3v) is 5.52. The predicted octanol–water partition coefficient (Wildman–Crippen LogP) is 2.79. The minimum Gasteiger partial charge on any atom is -0.339 e. The van der Waals surface area contributed by atoms with Gasteiger partial charge < -0.3 is 4.90 Å². The van der Waals surface area contributed by atoms with Crippen molar-refractivity contribution in [3.05, 3.63) is 0 Å². The summed E-state index contributed by atoms with van der Waals surface area (Å²) >= 11 is 0. The molecule has 0 radical (unpaired) electrons.